The number of fused-ring (bicyclic) bond motifs is 1. The van der Waals surface area contributed by atoms with Gasteiger partial charge >= 0.3 is 0 Å². The Labute approximate surface area is 118 Å². The average molecular weight is 316 g/mol. The highest BCUT2D eigenvalue weighted by molar-refractivity contribution is 9.10. The third-order valence-electron chi connectivity index (χ3n) is 2.84. The minimum atomic E-state index is -0.150. The number of nitrogens with zero attached hydrogens (tertiary/aromatic N) is 1. The largest absolute Gasteiger partial charge is 0.361 e. The van der Waals surface area contributed by atoms with E-state index in [2.05, 4.69) is 31.2 Å². The molecule has 2 N–H and O–H groups in total. The lowest BCUT2D eigenvalue weighted by Crippen LogP contribution is -2.12. The lowest BCUT2D eigenvalue weighted by atomic mass is 10.1. The number of benzene rings is 1. The Morgan fingerprint density at radius 1 is 1.26 bits per heavy atom. The maximum absolute atomic E-state index is 12.2. The molecule has 5 heteroatoms. The molecular formula is C14H10BrN3O. The quantitative estimate of drug-likeness (QED) is 0.759. The number of hydrogen-bond acceptors (Lipinski definition) is 2. The third kappa shape index (κ3) is 2.37. The molecular weight excluding hydrogens is 306 g/mol. The van der Waals surface area contributed by atoms with Crippen LogP contribution in [0, 0.1) is 0 Å². The lowest BCUT2D eigenvalue weighted by molar-refractivity contribution is 0.102. The molecule has 1 aromatic carbocycles. The highest BCUT2D eigenvalue weighted by atomic mass is 79.9. The first-order chi connectivity index (χ1) is 9.24. The van der Waals surface area contributed by atoms with Gasteiger partial charge in [0.15, 0.2) is 0 Å². The van der Waals surface area contributed by atoms with Crippen LogP contribution in [-0.2, 0) is 0 Å². The molecule has 2 aromatic heterocycles. The standard InChI is InChI=1S/C14H10BrN3O/c15-11-8-16-5-4-12(11)18-14(19)10-2-1-9-3-6-17-13(9)7-10/h1-8,17H,(H,16,18,19). The molecule has 1 amide bonds. The van der Waals surface area contributed by atoms with Crippen molar-refractivity contribution >= 4 is 38.4 Å². The van der Waals surface area contributed by atoms with Crippen LogP contribution >= 0.6 is 15.9 Å². The number of anilines is 1. The Balaban J connectivity index is 1.89. The average Bonchev–Trinajstić information content (AvgIpc) is 2.88. The van der Waals surface area contributed by atoms with E-state index in [4.69, 9.17) is 0 Å². The van der Waals surface area contributed by atoms with Crippen molar-refractivity contribution in [1.29, 1.82) is 0 Å². The summed E-state index contributed by atoms with van der Waals surface area (Å²) in [5.74, 6) is -0.150. The number of aromatic nitrogens is 2. The van der Waals surface area contributed by atoms with Gasteiger partial charge in [0, 0.05) is 29.7 Å². The van der Waals surface area contributed by atoms with Crippen molar-refractivity contribution in [2.24, 2.45) is 0 Å². The zero-order chi connectivity index (χ0) is 13.2. The van der Waals surface area contributed by atoms with E-state index in [0.717, 1.165) is 15.4 Å². The summed E-state index contributed by atoms with van der Waals surface area (Å²) < 4.78 is 0.754. The predicted octanol–water partition coefficient (Wildman–Crippen LogP) is 3.58. The molecule has 0 spiro atoms. The molecule has 0 fully saturated rings. The summed E-state index contributed by atoms with van der Waals surface area (Å²) >= 11 is 3.35. The van der Waals surface area contributed by atoms with Crippen molar-refractivity contribution in [3.63, 3.8) is 0 Å². The van der Waals surface area contributed by atoms with Crippen LogP contribution in [0.3, 0.4) is 0 Å². The molecule has 19 heavy (non-hydrogen) atoms. The van der Waals surface area contributed by atoms with Crippen molar-refractivity contribution in [3.8, 4) is 0 Å². The van der Waals surface area contributed by atoms with Crippen LogP contribution in [-0.4, -0.2) is 15.9 Å². The number of carbonyl (C=O) groups excluding carboxylic acids is 1. The van der Waals surface area contributed by atoms with Gasteiger partial charge in [-0.2, -0.15) is 0 Å². The van der Waals surface area contributed by atoms with Gasteiger partial charge in [0.05, 0.1) is 10.2 Å². The monoisotopic (exact) mass is 315 g/mol. The summed E-state index contributed by atoms with van der Waals surface area (Å²) in [5.41, 5.74) is 2.26. The topological polar surface area (TPSA) is 57.8 Å². The number of nitrogens with one attached hydrogen (secondary N) is 2. The number of pyridine rings is 1. The zero-order valence-electron chi connectivity index (χ0n) is 9.85. The molecule has 2 heterocycles. The Bertz CT molecular complexity index is 751. The molecule has 3 aromatic rings. The minimum Gasteiger partial charge on any atom is -0.361 e. The van der Waals surface area contributed by atoms with E-state index in [1.165, 1.54) is 0 Å². The summed E-state index contributed by atoms with van der Waals surface area (Å²) in [6.45, 7) is 0. The van der Waals surface area contributed by atoms with Crippen LogP contribution in [0.15, 0.2) is 53.4 Å². The van der Waals surface area contributed by atoms with Crippen LogP contribution in [0.2, 0.25) is 0 Å². The second kappa shape index (κ2) is 4.85. The third-order valence-corrected chi connectivity index (χ3v) is 3.47. The summed E-state index contributed by atoms with van der Waals surface area (Å²) in [5, 5.41) is 3.93. The normalized spacial score (nSPS) is 10.6. The van der Waals surface area contributed by atoms with Crippen molar-refractivity contribution in [1.82, 2.24) is 9.97 Å². The molecule has 0 aliphatic rings. The van der Waals surface area contributed by atoms with Gasteiger partial charge in [0.1, 0.15) is 0 Å². The molecule has 0 bridgehead atoms. The fourth-order valence-electron chi connectivity index (χ4n) is 1.86. The number of amides is 1. The number of hydrogen-bond donors (Lipinski definition) is 2. The summed E-state index contributed by atoms with van der Waals surface area (Å²) in [7, 11) is 0. The van der Waals surface area contributed by atoms with Crippen LogP contribution in [0.25, 0.3) is 10.9 Å². The van der Waals surface area contributed by atoms with Gasteiger partial charge in [-0.05, 0) is 45.6 Å². The minimum absolute atomic E-state index is 0.150. The first-order valence-corrected chi connectivity index (χ1v) is 6.51. The van der Waals surface area contributed by atoms with Crippen LogP contribution in [0.1, 0.15) is 10.4 Å². The number of aromatic amines is 1. The van der Waals surface area contributed by atoms with E-state index >= 15 is 0 Å². The molecule has 0 atom stereocenters. The SMILES string of the molecule is O=C(Nc1ccncc1Br)c1ccc2cc[nH]c2c1. The highest BCUT2D eigenvalue weighted by Crippen LogP contribution is 2.21. The van der Waals surface area contributed by atoms with Crippen molar-refractivity contribution < 1.29 is 4.79 Å². The van der Waals surface area contributed by atoms with Gasteiger partial charge in [-0.25, -0.2) is 0 Å². The highest BCUT2D eigenvalue weighted by Gasteiger charge is 2.09. The van der Waals surface area contributed by atoms with Gasteiger partial charge in [0.2, 0.25) is 0 Å². The Hall–Kier alpha value is -2.14. The molecule has 0 unspecified atom stereocenters. The van der Waals surface area contributed by atoms with E-state index in [-0.39, 0.29) is 5.91 Å². The van der Waals surface area contributed by atoms with E-state index in [9.17, 15) is 4.79 Å². The first kappa shape index (κ1) is 11.9. The summed E-state index contributed by atoms with van der Waals surface area (Å²) in [6.07, 6.45) is 5.13. The molecule has 0 aliphatic carbocycles. The van der Waals surface area contributed by atoms with Gasteiger partial charge in [0.25, 0.3) is 5.91 Å². The molecule has 0 radical (unpaired) electrons. The maximum atomic E-state index is 12.2. The fraction of sp³-hybridized carbons (Fsp3) is 0. The van der Waals surface area contributed by atoms with E-state index in [0.29, 0.717) is 11.3 Å². The van der Waals surface area contributed by atoms with Crippen molar-refractivity contribution in [2.75, 3.05) is 5.32 Å². The predicted molar refractivity (Wildman–Crippen MR) is 78.2 cm³/mol. The number of H-pyrrole nitrogens is 1. The van der Waals surface area contributed by atoms with E-state index < -0.39 is 0 Å². The Kier molecular flexibility index (Phi) is 3.05. The van der Waals surface area contributed by atoms with Crippen LogP contribution in [0.4, 0.5) is 5.69 Å². The van der Waals surface area contributed by atoms with Crippen LogP contribution < -0.4 is 5.32 Å². The van der Waals surface area contributed by atoms with E-state index in [1.807, 2.05) is 24.4 Å². The van der Waals surface area contributed by atoms with Gasteiger partial charge in [-0.1, -0.05) is 6.07 Å². The van der Waals surface area contributed by atoms with Crippen molar-refractivity contribution in [2.45, 2.75) is 0 Å². The van der Waals surface area contributed by atoms with Gasteiger partial charge in [-0.15, -0.1) is 0 Å². The zero-order valence-corrected chi connectivity index (χ0v) is 11.4. The van der Waals surface area contributed by atoms with E-state index in [1.54, 1.807) is 24.5 Å². The molecule has 94 valence electrons. The number of carbonyl (C=O) groups is 1. The van der Waals surface area contributed by atoms with Gasteiger partial charge in [-0.3, -0.25) is 9.78 Å². The Morgan fingerprint density at radius 2 is 2.16 bits per heavy atom. The molecule has 0 aliphatic heterocycles. The maximum Gasteiger partial charge on any atom is 0.255 e. The second-order valence-electron chi connectivity index (χ2n) is 4.09. The molecule has 3 rings (SSSR count). The second-order valence-corrected chi connectivity index (χ2v) is 4.94. The number of halogens is 1. The number of rotatable bonds is 2. The smallest absolute Gasteiger partial charge is 0.255 e. The summed E-state index contributed by atoms with van der Waals surface area (Å²) in [6, 6.07) is 9.27. The Morgan fingerprint density at radius 3 is 3.00 bits per heavy atom. The summed E-state index contributed by atoms with van der Waals surface area (Å²) in [4.78, 5) is 19.2. The van der Waals surface area contributed by atoms with Crippen molar-refractivity contribution in [3.05, 3.63) is 59.0 Å². The molecule has 0 saturated carbocycles. The fourth-order valence-corrected chi connectivity index (χ4v) is 2.21. The molecule has 0 saturated heterocycles. The van der Waals surface area contributed by atoms with Crippen LogP contribution in [0.5, 0.6) is 0 Å². The molecule has 4 nitrogen and oxygen atoms in total. The first-order valence-electron chi connectivity index (χ1n) is 5.72. The van der Waals surface area contributed by atoms with Gasteiger partial charge < -0.3 is 10.3 Å². The lowest BCUT2D eigenvalue weighted by Gasteiger charge is -2.06.